The lowest BCUT2D eigenvalue weighted by Crippen LogP contribution is -2.34. The molecule has 3 rings (SSSR count). The number of para-hydroxylation sites is 1. The third kappa shape index (κ3) is 4.83. The molecule has 7 heteroatoms. The summed E-state index contributed by atoms with van der Waals surface area (Å²) in [6, 6.07) is 12.8. The van der Waals surface area contributed by atoms with Crippen molar-refractivity contribution in [2.75, 3.05) is 13.2 Å². The molecule has 0 atom stereocenters. The Balaban J connectivity index is 1.40. The first kappa shape index (κ1) is 17.5. The van der Waals surface area contributed by atoms with Crippen molar-refractivity contribution < 1.29 is 19.1 Å². The molecule has 3 aromatic rings. The molecule has 134 valence electrons. The minimum atomic E-state index is -0.536. The Hall–Kier alpha value is -3.35. The number of aryl methyl sites for hydroxylation is 1. The van der Waals surface area contributed by atoms with Crippen LogP contribution in [-0.2, 0) is 20.9 Å². The molecule has 0 aliphatic carbocycles. The number of carbonyl (C=O) groups is 2. The highest BCUT2D eigenvalue weighted by molar-refractivity contribution is 5.82. The molecular formula is C19H19N3O4. The number of benzene rings is 1. The highest BCUT2D eigenvalue weighted by Gasteiger charge is 2.09. The summed E-state index contributed by atoms with van der Waals surface area (Å²) in [6.07, 6.45) is 3.75. The Labute approximate surface area is 150 Å². The van der Waals surface area contributed by atoms with Crippen LogP contribution < -0.4 is 10.1 Å². The van der Waals surface area contributed by atoms with Crippen LogP contribution in [0.1, 0.15) is 11.3 Å². The molecule has 1 amide bonds. The van der Waals surface area contributed by atoms with E-state index in [4.69, 9.17) is 9.47 Å². The van der Waals surface area contributed by atoms with E-state index < -0.39 is 11.9 Å². The van der Waals surface area contributed by atoms with Gasteiger partial charge in [-0.05, 0) is 30.7 Å². The zero-order valence-electron chi connectivity index (χ0n) is 14.3. The first-order valence-electron chi connectivity index (χ1n) is 8.14. The lowest BCUT2D eigenvalue weighted by molar-refractivity contribution is -0.145. The van der Waals surface area contributed by atoms with E-state index in [9.17, 15) is 9.59 Å². The molecule has 1 N–H and O–H groups in total. The molecule has 0 saturated carbocycles. The first-order valence-corrected chi connectivity index (χ1v) is 8.14. The van der Waals surface area contributed by atoms with Crippen LogP contribution in [0.25, 0.3) is 5.65 Å². The third-order valence-electron chi connectivity index (χ3n) is 3.57. The number of amides is 1. The molecule has 0 aliphatic heterocycles. The number of imidazole rings is 1. The Bertz CT molecular complexity index is 906. The van der Waals surface area contributed by atoms with Crippen molar-refractivity contribution in [1.82, 2.24) is 14.7 Å². The monoisotopic (exact) mass is 353 g/mol. The van der Waals surface area contributed by atoms with Crippen LogP contribution in [0.5, 0.6) is 5.75 Å². The Kier molecular flexibility index (Phi) is 5.48. The summed E-state index contributed by atoms with van der Waals surface area (Å²) in [7, 11) is 0. The molecule has 1 aromatic carbocycles. The Morgan fingerprint density at radius 1 is 1.12 bits per heavy atom. The van der Waals surface area contributed by atoms with Crippen molar-refractivity contribution in [3.05, 3.63) is 66.1 Å². The highest BCUT2D eigenvalue weighted by atomic mass is 16.5. The lowest BCUT2D eigenvalue weighted by Gasteiger charge is -2.07. The summed E-state index contributed by atoms with van der Waals surface area (Å²) >= 11 is 0. The number of carbonyl (C=O) groups excluding carboxylic acids is 2. The molecular weight excluding hydrogens is 334 g/mol. The Morgan fingerprint density at radius 3 is 2.73 bits per heavy atom. The van der Waals surface area contributed by atoms with Gasteiger partial charge in [-0.2, -0.15) is 0 Å². The fourth-order valence-corrected chi connectivity index (χ4v) is 2.32. The molecule has 0 radical (unpaired) electrons. The molecule has 0 fully saturated rings. The summed E-state index contributed by atoms with van der Waals surface area (Å²) < 4.78 is 12.3. The van der Waals surface area contributed by atoms with Crippen molar-refractivity contribution in [2.45, 2.75) is 13.5 Å². The van der Waals surface area contributed by atoms with Crippen LogP contribution in [0.3, 0.4) is 0 Å². The highest BCUT2D eigenvalue weighted by Crippen LogP contribution is 2.09. The number of pyridine rings is 1. The van der Waals surface area contributed by atoms with Crippen molar-refractivity contribution in [2.24, 2.45) is 0 Å². The summed E-state index contributed by atoms with van der Waals surface area (Å²) in [6.45, 7) is 1.66. The summed E-state index contributed by atoms with van der Waals surface area (Å²) in [5.41, 5.74) is 2.54. The number of esters is 1. The molecule has 0 saturated heterocycles. The van der Waals surface area contributed by atoms with E-state index in [2.05, 4.69) is 10.3 Å². The van der Waals surface area contributed by atoms with Gasteiger partial charge in [0.2, 0.25) is 0 Å². The van der Waals surface area contributed by atoms with Gasteiger partial charge >= 0.3 is 5.97 Å². The van der Waals surface area contributed by atoms with Gasteiger partial charge in [-0.25, -0.2) is 4.98 Å². The van der Waals surface area contributed by atoms with Crippen molar-refractivity contribution in [3.63, 3.8) is 0 Å². The maximum absolute atomic E-state index is 11.8. The number of hydrogen-bond acceptors (Lipinski definition) is 5. The zero-order chi connectivity index (χ0) is 18.4. The normalized spacial score (nSPS) is 10.5. The van der Waals surface area contributed by atoms with E-state index in [0.29, 0.717) is 11.4 Å². The van der Waals surface area contributed by atoms with E-state index >= 15 is 0 Å². The van der Waals surface area contributed by atoms with Crippen molar-refractivity contribution >= 4 is 17.5 Å². The van der Waals surface area contributed by atoms with E-state index in [-0.39, 0.29) is 19.8 Å². The van der Waals surface area contributed by atoms with Crippen LogP contribution in [0.2, 0.25) is 0 Å². The number of hydrogen-bond donors (Lipinski definition) is 1. The maximum atomic E-state index is 11.8. The molecule has 0 aliphatic rings. The fourth-order valence-electron chi connectivity index (χ4n) is 2.32. The summed E-state index contributed by atoms with van der Waals surface area (Å²) in [5.74, 6) is -0.340. The fraction of sp³-hybridized carbons (Fsp3) is 0.211. The third-order valence-corrected chi connectivity index (χ3v) is 3.57. The van der Waals surface area contributed by atoms with E-state index in [1.54, 1.807) is 12.1 Å². The van der Waals surface area contributed by atoms with Crippen molar-refractivity contribution in [3.8, 4) is 5.75 Å². The molecule has 2 heterocycles. The largest absolute Gasteiger partial charge is 0.484 e. The molecule has 0 spiro atoms. The van der Waals surface area contributed by atoms with Crippen LogP contribution in [0, 0.1) is 6.92 Å². The molecule has 7 nitrogen and oxygen atoms in total. The van der Waals surface area contributed by atoms with Gasteiger partial charge in [-0.3, -0.25) is 9.59 Å². The average molecular weight is 353 g/mol. The quantitative estimate of drug-likeness (QED) is 0.656. The first-order chi connectivity index (χ1) is 12.6. The van der Waals surface area contributed by atoms with Gasteiger partial charge in [0.1, 0.15) is 24.5 Å². The second-order valence-corrected chi connectivity index (χ2v) is 5.74. The predicted octanol–water partition coefficient (Wildman–Crippen LogP) is 1.88. The molecule has 0 unspecified atom stereocenters. The number of nitrogens with zero attached hydrogens (tertiary/aromatic N) is 2. The topological polar surface area (TPSA) is 81.9 Å². The van der Waals surface area contributed by atoms with Crippen molar-refractivity contribution in [1.29, 1.82) is 0 Å². The zero-order valence-corrected chi connectivity index (χ0v) is 14.3. The number of rotatable bonds is 7. The molecule has 26 heavy (non-hydrogen) atoms. The summed E-state index contributed by atoms with van der Waals surface area (Å²) in [5, 5.41) is 2.46. The standard InChI is InChI=1S/C19H19N3O4/c1-14-7-8-17-21-15(11-22(17)10-14)12-26-19(24)9-20-18(23)13-25-16-5-3-2-4-6-16/h2-8,10-11H,9,12-13H2,1H3,(H,20,23). The second-order valence-electron chi connectivity index (χ2n) is 5.74. The molecule has 2 aromatic heterocycles. The maximum Gasteiger partial charge on any atom is 0.325 e. The smallest absolute Gasteiger partial charge is 0.325 e. The minimum Gasteiger partial charge on any atom is -0.484 e. The van der Waals surface area contributed by atoms with Gasteiger partial charge in [-0.1, -0.05) is 24.3 Å². The predicted molar refractivity (Wildman–Crippen MR) is 94.7 cm³/mol. The van der Waals surface area contributed by atoms with Gasteiger partial charge in [0, 0.05) is 12.4 Å². The number of nitrogens with one attached hydrogen (secondary N) is 1. The van der Waals surface area contributed by atoms with Gasteiger partial charge in [-0.15, -0.1) is 0 Å². The van der Waals surface area contributed by atoms with Gasteiger partial charge in [0.15, 0.2) is 6.61 Å². The number of aromatic nitrogens is 2. The van der Waals surface area contributed by atoms with Crippen LogP contribution >= 0.6 is 0 Å². The van der Waals surface area contributed by atoms with Crippen LogP contribution in [-0.4, -0.2) is 34.4 Å². The van der Waals surface area contributed by atoms with Gasteiger partial charge in [0.25, 0.3) is 5.91 Å². The Morgan fingerprint density at radius 2 is 1.92 bits per heavy atom. The van der Waals surface area contributed by atoms with E-state index in [1.807, 2.05) is 54.0 Å². The average Bonchev–Trinajstić information content (AvgIpc) is 3.06. The number of ether oxygens (including phenoxy) is 2. The number of fused-ring (bicyclic) bond motifs is 1. The van der Waals surface area contributed by atoms with Crippen LogP contribution in [0.15, 0.2) is 54.9 Å². The lowest BCUT2D eigenvalue weighted by atomic mass is 10.3. The summed E-state index contributed by atoms with van der Waals surface area (Å²) in [4.78, 5) is 27.8. The van der Waals surface area contributed by atoms with Crippen LogP contribution in [0.4, 0.5) is 0 Å². The van der Waals surface area contributed by atoms with E-state index in [1.165, 1.54) is 0 Å². The van der Waals surface area contributed by atoms with E-state index in [0.717, 1.165) is 11.2 Å². The second kappa shape index (κ2) is 8.15. The minimum absolute atomic E-state index is 0.0515. The van der Waals surface area contributed by atoms with Gasteiger partial charge < -0.3 is 19.2 Å². The SMILES string of the molecule is Cc1ccc2nc(COC(=O)CNC(=O)COc3ccccc3)cn2c1. The molecule has 0 bridgehead atoms. The van der Waals surface area contributed by atoms with Gasteiger partial charge in [0.05, 0.1) is 5.69 Å².